The molecule has 0 amide bonds. The summed E-state index contributed by atoms with van der Waals surface area (Å²) >= 11 is 6.36. The van der Waals surface area contributed by atoms with Gasteiger partial charge in [0.05, 0.1) is 10.4 Å². The highest BCUT2D eigenvalue weighted by Gasteiger charge is 2.16. The van der Waals surface area contributed by atoms with Gasteiger partial charge in [-0.15, -0.1) is 0 Å². The van der Waals surface area contributed by atoms with E-state index in [0.717, 1.165) is 55.9 Å². The van der Waals surface area contributed by atoms with Crippen molar-refractivity contribution >= 4 is 22.4 Å². The Kier molecular flexibility index (Phi) is 5.07. The Morgan fingerprint density at radius 1 is 1.00 bits per heavy atom. The number of benzene rings is 2. The van der Waals surface area contributed by atoms with Crippen LogP contribution in [0.25, 0.3) is 16.5 Å². The van der Waals surface area contributed by atoms with Gasteiger partial charge >= 0.3 is 0 Å². The van der Waals surface area contributed by atoms with E-state index in [4.69, 9.17) is 11.6 Å². The van der Waals surface area contributed by atoms with E-state index in [1.807, 2.05) is 47.0 Å². The fourth-order valence-corrected chi connectivity index (χ4v) is 3.90. The first-order valence-corrected chi connectivity index (χ1v) is 9.43. The van der Waals surface area contributed by atoms with E-state index in [-0.39, 0.29) is 5.56 Å². The number of halogens is 1. The summed E-state index contributed by atoms with van der Waals surface area (Å²) < 4.78 is 1.81. The van der Waals surface area contributed by atoms with E-state index in [9.17, 15) is 4.79 Å². The van der Waals surface area contributed by atoms with Crippen LogP contribution in [-0.2, 0) is 6.54 Å². The molecule has 0 atom stereocenters. The van der Waals surface area contributed by atoms with Gasteiger partial charge < -0.3 is 5.32 Å². The molecule has 1 aliphatic heterocycles. The zero-order valence-corrected chi connectivity index (χ0v) is 15.4. The Morgan fingerprint density at radius 2 is 1.85 bits per heavy atom. The minimum Gasteiger partial charge on any atom is -0.315 e. The Hall–Kier alpha value is -2.14. The van der Waals surface area contributed by atoms with Gasteiger partial charge in [-0.05, 0) is 49.2 Å². The summed E-state index contributed by atoms with van der Waals surface area (Å²) in [6, 6.07) is 17.6. The second-order valence-corrected chi connectivity index (χ2v) is 7.10. The van der Waals surface area contributed by atoms with Crippen LogP contribution in [0.2, 0.25) is 5.02 Å². The Bertz CT molecular complexity index is 960. The molecule has 134 valence electrons. The van der Waals surface area contributed by atoms with Gasteiger partial charge in [0.15, 0.2) is 0 Å². The molecule has 4 nitrogen and oxygen atoms in total. The van der Waals surface area contributed by atoms with Crippen LogP contribution < -0.4 is 10.9 Å². The highest BCUT2D eigenvalue weighted by molar-refractivity contribution is 6.35. The average Bonchev–Trinajstić information content (AvgIpc) is 2.91. The average molecular weight is 368 g/mol. The molecule has 0 aliphatic carbocycles. The van der Waals surface area contributed by atoms with Crippen LogP contribution in [-0.4, -0.2) is 35.6 Å². The standard InChI is InChI=1S/C21H22ClN3O/c22-19-9-4-6-16-14-18(15-24-12-5-10-23-11-13-24)25(21(26)20(16)19)17-7-2-1-3-8-17/h1-4,6-9,14,23H,5,10-13,15H2. The van der Waals surface area contributed by atoms with Crippen LogP contribution in [0, 0.1) is 0 Å². The molecule has 1 saturated heterocycles. The Labute approximate surface area is 158 Å². The normalized spacial score (nSPS) is 15.9. The van der Waals surface area contributed by atoms with Gasteiger partial charge in [0.1, 0.15) is 0 Å². The summed E-state index contributed by atoms with van der Waals surface area (Å²) in [5, 5.41) is 5.42. The number of aromatic nitrogens is 1. The van der Waals surface area contributed by atoms with Gasteiger partial charge in [-0.3, -0.25) is 14.3 Å². The SMILES string of the molecule is O=c1c2c(Cl)cccc2cc(CN2CCCNCC2)n1-c1ccccc1. The molecule has 5 heteroatoms. The molecular weight excluding hydrogens is 346 g/mol. The van der Waals surface area contributed by atoms with E-state index in [1.165, 1.54) is 0 Å². The lowest BCUT2D eigenvalue weighted by atomic mass is 10.1. The van der Waals surface area contributed by atoms with Crippen LogP contribution in [0.5, 0.6) is 0 Å². The van der Waals surface area contributed by atoms with Gasteiger partial charge in [0.2, 0.25) is 0 Å². The van der Waals surface area contributed by atoms with E-state index >= 15 is 0 Å². The molecule has 2 aromatic carbocycles. The van der Waals surface area contributed by atoms with E-state index in [2.05, 4.69) is 16.3 Å². The van der Waals surface area contributed by atoms with Crippen LogP contribution in [0.15, 0.2) is 59.4 Å². The number of nitrogens with one attached hydrogen (secondary N) is 1. The molecule has 1 N–H and O–H groups in total. The van der Waals surface area contributed by atoms with Crippen molar-refractivity contribution in [3.05, 3.63) is 75.7 Å². The number of nitrogens with zero attached hydrogens (tertiary/aromatic N) is 2. The second-order valence-electron chi connectivity index (χ2n) is 6.70. The number of hydrogen-bond acceptors (Lipinski definition) is 3. The maximum absolute atomic E-state index is 13.3. The molecule has 1 fully saturated rings. The first-order chi connectivity index (χ1) is 12.7. The summed E-state index contributed by atoms with van der Waals surface area (Å²) in [6.07, 6.45) is 1.12. The predicted octanol–water partition coefficient (Wildman–Crippen LogP) is 3.44. The van der Waals surface area contributed by atoms with Crippen LogP contribution >= 0.6 is 11.6 Å². The second kappa shape index (κ2) is 7.62. The monoisotopic (exact) mass is 367 g/mol. The molecular formula is C21H22ClN3O. The van der Waals surface area contributed by atoms with Gasteiger partial charge in [0.25, 0.3) is 5.56 Å². The topological polar surface area (TPSA) is 37.3 Å². The van der Waals surface area contributed by atoms with Crippen LogP contribution in [0.4, 0.5) is 0 Å². The Balaban J connectivity index is 1.88. The van der Waals surface area contributed by atoms with Gasteiger partial charge in [0, 0.05) is 31.0 Å². The number of fused-ring (bicyclic) bond motifs is 1. The van der Waals surface area contributed by atoms with Gasteiger partial charge in [-0.2, -0.15) is 0 Å². The van der Waals surface area contributed by atoms with Crippen molar-refractivity contribution in [2.24, 2.45) is 0 Å². The van der Waals surface area contributed by atoms with Crippen molar-refractivity contribution in [3.63, 3.8) is 0 Å². The summed E-state index contributed by atoms with van der Waals surface area (Å²) in [5.41, 5.74) is 1.82. The van der Waals surface area contributed by atoms with Gasteiger partial charge in [-0.25, -0.2) is 0 Å². The molecule has 0 bridgehead atoms. The molecule has 0 saturated carbocycles. The molecule has 0 unspecified atom stereocenters. The number of pyridine rings is 1. The van der Waals surface area contributed by atoms with Gasteiger partial charge in [-0.1, -0.05) is 41.9 Å². The largest absolute Gasteiger partial charge is 0.315 e. The van der Waals surface area contributed by atoms with E-state index in [1.54, 1.807) is 6.07 Å². The number of para-hydroxylation sites is 1. The first kappa shape index (κ1) is 17.3. The maximum atomic E-state index is 13.3. The Morgan fingerprint density at radius 3 is 2.69 bits per heavy atom. The van der Waals surface area contributed by atoms with Crippen molar-refractivity contribution in [2.75, 3.05) is 26.2 Å². The lowest BCUT2D eigenvalue weighted by Gasteiger charge is -2.23. The molecule has 0 spiro atoms. The summed E-state index contributed by atoms with van der Waals surface area (Å²) in [7, 11) is 0. The lowest BCUT2D eigenvalue weighted by Crippen LogP contribution is -2.31. The lowest BCUT2D eigenvalue weighted by molar-refractivity contribution is 0.279. The van der Waals surface area contributed by atoms with Crippen molar-refractivity contribution in [1.82, 2.24) is 14.8 Å². The maximum Gasteiger partial charge on any atom is 0.264 e. The molecule has 2 heterocycles. The zero-order chi connectivity index (χ0) is 17.9. The molecule has 1 aromatic heterocycles. The van der Waals surface area contributed by atoms with Crippen molar-refractivity contribution < 1.29 is 0 Å². The molecule has 0 radical (unpaired) electrons. The molecule has 26 heavy (non-hydrogen) atoms. The van der Waals surface area contributed by atoms with Crippen LogP contribution in [0.3, 0.4) is 0 Å². The zero-order valence-electron chi connectivity index (χ0n) is 14.6. The fraction of sp³-hybridized carbons (Fsp3) is 0.286. The number of hydrogen-bond donors (Lipinski definition) is 1. The summed E-state index contributed by atoms with van der Waals surface area (Å²) in [4.78, 5) is 15.7. The summed E-state index contributed by atoms with van der Waals surface area (Å²) in [6.45, 7) is 4.79. The third kappa shape index (κ3) is 3.40. The predicted molar refractivity (Wildman–Crippen MR) is 107 cm³/mol. The smallest absolute Gasteiger partial charge is 0.264 e. The summed E-state index contributed by atoms with van der Waals surface area (Å²) in [5.74, 6) is 0. The minimum absolute atomic E-state index is 0.0535. The highest BCUT2D eigenvalue weighted by Crippen LogP contribution is 2.23. The van der Waals surface area contributed by atoms with E-state index < -0.39 is 0 Å². The van der Waals surface area contributed by atoms with Crippen LogP contribution in [0.1, 0.15) is 12.1 Å². The minimum atomic E-state index is -0.0535. The fourth-order valence-electron chi connectivity index (χ4n) is 3.64. The van der Waals surface area contributed by atoms with Crippen molar-refractivity contribution in [1.29, 1.82) is 0 Å². The molecule has 3 aromatic rings. The molecule has 1 aliphatic rings. The van der Waals surface area contributed by atoms with Crippen molar-refractivity contribution in [2.45, 2.75) is 13.0 Å². The third-order valence-corrected chi connectivity index (χ3v) is 5.22. The molecule has 4 rings (SSSR count). The first-order valence-electron chi connectivity index (χ1n) is 9.06. The third-order valence-electron chi connectivity index (χ3n) is 4.90. The van der Waals surface area contributed by atoms with E-state index in [0.29, 0.717) is 10.4 Å². The quantitative estimate of drug-likeness (QED) is 0.770. The van der Waals surface area contributed by atoms with Crippen molar-refractivity contribution in [3.8, 4) is 5.69 Å². The highest BCUT2D eigenvalue weighted by atomic mass is 35.5. The number of rotatable bonds is 3.